The van der Waals surface area contributed by atoms with Gasteiger partial charge in [0.2, 0.25) is 0 Å². The van der Waals surface area contributed by atoms with Crippen LogP contribution in [0.2, 0.25) is 0 Å². The molecule has 1 aromatic heterocycles. The number of ether oxygens (including phenoxy) is 2. The van der Waals surface area contributed by atoms with Crippen molar-refractivity contribution in [3.8, 4) is 5.75 Å². The monoisotopic (exact) mass is 232 g/mol. The highest BCUT2D eigenvalue weighted by molar-refractivity contribution is 5.80. The van der Waals surface area contributed by atoms with Crippen LogP contribution in [0.25, 0.3) is 10.9 Å². The van der Waals surface area contributed by atoms with E-state index in [0.717, 1.165) is 16.7 Å². The second kappa shape index (κ2) is 4.01. The second-order valence-corrected chi connectivity index (χ2v) is 3.95. The van der Waals surface area contributed by atoms with E-state index in [0.29, 0.717) is 13.2 Å². The molecular weight excluding hydrogens is 220 g/mol. The summed E-state index contributed by atoms with van der Waals surface area (Å²) >= 11 is 0. The lowest BCUT2D eigenvalue weighted by Gasteiger charge is -2.10. The Morgan fingerprint density at radius 1 is 1.41 bits per heavy atom. The van der Waals surface area contributed by atoms with Crippen molar-refractivity contribution in [3.05, 3.63) is 30.5 Å². The van der Waals surface area contributed by atoms with Crippen LogP contribution < -0.4 is 10.1 Å². The number of carbonyl (C=O) groups excluding carboxylic acids is 1. The number of nitrogens with one attached hydrogen (secondary N) is 2. The third-order valence-corrected chi connectivity index (χ3v) is 2.71. The zero-order valence-corrected chi connectivity index (χ0v) is 9.10. The van der Waals surface area contributed by atoms with Gasteiger partial charge in [-0.1, -0.05) is 0 Å². The maximum Gasteiger partial charge on any atom is 0.407 e. The molecule has 1 aliphatic heterocycles. The standard InChI is InChI=1S/C12H12N2O3/c15-12-14-6-10(17-12)7-16-9-1-2-11-8(5-9)3-4-13-11/h1-5,10,13H,6-7H2,(H,14,15). The summed E-state index contributed by atoms with van der Waals surface area (Å²) in [6.07, 6.45) is 1.31. The maximum absolute atomic E-state index is 10.8. The highest BCUT2D eigenvalue weighted by Crippen LogP contribution is 2.20. The predicted molar refractivity (Wildman–Crippen MR) is 62.1 cm³/mol. The van der Waals surface area contributed by atoms with Crippen LogP contribution in [-0.2, 0) is 4.74 Å². The number of aromatic nitrogens is 1. The number of alkyl carbamates (subject to hydrolysis) is 1. The number of aromatic amines is 1. The van der Waals surface area contributed by atoms with Gasteiger partial charge in [-0.15, -0.1) is 0 Å². The Bertz CT molecular complexity index is 549. The quantitative estimate of drug-likeness (QED) is 0.845. The third kappa shape index (κ3) is 2.04. The number of H-pyrrole nitrogens is 1. The lowest BCUT2D eigenvalue weighted by molar-refractivity contribution is 0.105. The van der Waals surface area contributed by atoms with E-state index in [2.05, 4.69) is 10.3 Å². The molecular formula is C12H12N2O3. The Kier molecular flexibility index (Phi) is 2.36. The molecule has 1 amide bonds. The molecule has 5 nitrogen and oxygen atoms in total. The van der Waals surface area contributed by atoms with E-state index in [1.54, 1.807) is 0 Å². The fraction of sp³-hybridized carbons (Fsp3) is 0.250. The molecule has 1 aliphatic rings. The number of fused-ring (bicyclic) bond motifs is 1. The SMILES string of the molecule is O=C1NCC(COc2ccc3[nH]ccc3c2)O1. The van der Waals surface area contributed by atoms with Crippen LogP contribution in [0.1, 0.15) is 0 Å². The van der Waals surface area contributed by atoms with Gasteiger partial charge in [-0.2, -0.15) is 0 Å². The second-order valence-electron chi connectivity index (χ2n) is 3.95. The smallest absolute Gasteiger partial charge is 0.407 e. The van der Waals surface area contributed by atoms with Crippen LogP contribution in [0.3, 0.4) is 0 Å². The molecule has 1 atom stereocenters. The van der Waals surface area contributed by atoms with Crippen molar-refractivity contribution in [1.29, 1.82) is 0 Å². The average Bonchev–Trinajstić information content (AvgIpc) is 2.94. The van der Waals surface area contributed by atoms with Crippen LogP contribution in [0, 0.1) is 0 Å². The summed E-state index contributed by atoms with van der Waals surface area (Å²) in [5, 5.41) is 3.69. The Morgan fingerprint density at radius 3 is 3.18 bits per heavy atom. The molecule has 2 heterocycles. The van der Waals surface area contributed by atoms with Crippen molar-refractivity contribution < 1.29 is 14.3 Å². The summed E-state index contributed by atoms with van der Waals surface area (Å²) in [4.78, 5) is 13.9. The average molecular weight is 232 g/mol. The molecule has 0 spiro atoms. The molecule has 1 fully saturated rings. The normalized spacial score (nSPS) is 19.1. The first-order valence-electron chi connectivity index (χ1n) is 5.46. The molecule has 17 heavy (non-hydrogen) atoms. The molecule has 88 valence electrons. The summed E-state index contributed by atoms with van der Waals surface area (Å²) in [7, 11) is 0. The van der Waals surface area contributed by atoms with Gasteiger partial charge in [0.25, 0.3) is 0 Å². The zero-order valence-electron chi connectivity index (χ0n) is 9.10. The fourth-order valence-electron chi connectivity index (χ4n) is 1.84. The van der Waals surface area contributed by atoms with E-state index in [1.807, 2.05) is 30.5 Å². The Morgan fingerprint density at radius 2 is 2.35 bits per heavy atom. The molecule has 0 bridgehead atoms. The first kappa shape index (κ1) is 10.0. The van der Waals surface area contributed by atoms with Crippen molar-refractivity contribution in [1.82, 2.24) is 10.3 Å². The Labute approximate surface area is 97.7 Å². The largest absolute Gasteiger partial charge is 0.490 e. The zero-order chi connectivity index (χ0) is 11.7. The minimum atomic E-state index is -0.375. The van der Waals surface area contributed by atoms with Crippen molar-refractivity contribution in [2.45, 2.75) is 6.10 Å². The Balaban J connectivity index is 1.66. The van der Waals surface area contributed by atoms with Crippen LogP contribution in [-0.4, -0.2) is 30.3 Å². The highest BCUT2D eigenvalue weighted by Gasteiger charge is 2.22. The summed E-state index contributed by atoms with van der Waals surface area (Å²) in [6.45, 7) is 0.875. The van der Waals surface area contributed by atoms with E-state index >= 15 is 0 Å². The number of hydrogen-bond donors (Lipinski definition) is 2. The molecule has 1 aromatic carbocycles. The number of benzene rings is 1. The molecule has 0 radical (unpaired) electrons. The third-order valence-electron chi connectivity index (χ3n) is 2.71. The van der Waals surface area contributed by atoms with E-state index < -0.39 is 0 Å². The van der Waals surface area contributed by atoms with Gasteiger partial charge in [-0.05, 0) is 24.3 Å². The predicted octanol–water partition coefficient (Wildman–Crippen LogP) is 1.66. The lowest BCUT2D eigenvalue weighted by atomic mass is 10.2. The van der Waals surface area contributed by atoms with Gasteiger partial charge in [0.1, 0.15) is 12.4 Å². The molecule has 2 N–H and O–H groups in total. The van der Waals surface area contributed by atoms with Gasteiger partial charge in [-0.3, -0.25) is 0 Å². The van der Waals surface area contributed by atoms with Gasteiger partial charge in [0, 0.05) is 17.1 Å². The molecule has 3 rings (SSSR count). The van der Waals surface area contributed by atoms with Gasteiger partial charge >= 0.3 is 6.09 Å². The van der Waals surface area contributed by atoms with Crippen LogP contribution in [0.4, 0.5) is 4.79 Å². The first-order valence-corrected chi connectivity index (χ1v) is 5.46. The molecule has 1 saturated heterocycles. The minimum Gasteiger partial charge on any atom is -0.490 e. The van der Waals surface area contributed by atoms with Crippen molar-refractivity contribution >= 4 is 17.0 Å². The molecule has 0 saturated carbocycles. The van der Waals surface area contributed by atoms with E-state index in [4.69, 9.17) is 9.47 Å². The number of rotatable bonds is 3. The van der Waals surface area contributed by atoms with Crippen molar-refractivity contribution in [3.63, 3.8) is 0 Å². The fourth-order valence-corrected chi connectivity index (χ4v) is 1.84. The minimum absolute atomic E-state index is 0.204. The van der Waals surface area contributed by atoms with E-state index in [1.165, 1.54) is 0 Å². The van der Waals surface area contributed by atoms with Crippen LogP contribution in [0.5, 0.6) is 5.75 Å². The Hall–Kier alpha value is -2.17. The first-order chi connectivity index (χ1) is 8.31. The maximum atomic E-state index is 10.8. The van der Waals surface area contributed by atoms with E-state index in [9.17, 15) is 4.79 Å². The molecule has 0 aliphatic carbocycles. The highest BCUT2D eigenvalue weighted by atomic mass is 16.6. The molecule has 2 aromatic rings. The van der Waals surface area contributed by atoms with Crippen molar-refractivity contribution in [2.75, 3.05) is 13.2 Å². The topological polar surface area (TPSA) is 63.3 Å². The number of amides is 1. The number of cyclic esters (lactones) is 1. The van der Waals surface area contributed by atoms with Gasteiger partial charge in [0.15, 0.2) is 6.10 Å². The summed E-state index contributed by atoms with van der Waals surface area (Å²) in [6, 6.07) is 7.79. The molecule has 5 heteroatoms. The van der Waals surface area contributed by atoms with Crippen LogP contribution in [0.15, 0.2) is 30.5 Å². The van der Waals surface area contributed by atoms with Crippen LogP contribution >= 0.6 is 0 Å². The summed E-state index contributed by atoms with van der Waals surface area (Å²) < 4.78 is 10.6. The number of carbonyl (C=O) groups is 1. The van der Waals surface area contributed by atoms with Gasteiger partial charge in [-0.25, -0.2) is 4.79 Å². The van der Waals surface area contributed by atoms with Gasteiger partial charge in [0.05, 0.1) is 6.54 Å². The molecule has 1 unspecified atom stereocenters. The lowest BCUT2D eigenvalue weighted by Crippen LogP contribution is -2.21. The number of hydrogen-bond acceptors (Lipinski definition) is 3. The summed E-state index contributed by atoms with van der Waals surface area (Å²) in [5.74, 6) is 0.778. The van der Waals surface area contributed by atoms with E-state index in [-0.39, 0.29) is 12.2 Å². The van der Waals surface area contributed by atoms with Crippen molar-refractivity contribution in [2.24, 2.45) is 0 Å². The van der Waals surface area contributed by atoms with Gasteiger partial charge < -0.3 is 19.8 Å². The summed E-state index contributed by atoms with van der Waals surface area (Å²) in [5.41, 5.74) is 1.08.